The number of benzene rings is 2. The molecule has 2 aromatic carbocycles. The predicted molar refractivity (Wildman–Crippen MR) is 121 cm³/mol. The maximum Gasteiger partial charge on any atom is 0.262 e. The van der Waals surface area contributed by atoms with Crippen molar-refractivity contribution in [2.75, 3.05) is 19.0 Å². The third-order valence-corrected chi connectivity index (χ3v) is 5.98. The van der Waals surface area contributed by atoms with Crippen LogP contribution in [0.3, 0.4) is 0 Å². The first-order valence-corrected chi connectivity index (χ1v) is 10.8. The average Bonchev–Trinajstić information content (AvgIpc) is 2.70. The van der Waals surface area contributed by atoms with Crippen molar-refractivity contribution in [1.29, 1.82) is 0 Å². The number of nitrogens with one attached hydrogen (secondary N) is 1. The summed E-state index contributed by atoms with van der Waals surface area (Å²) < 4.78 is 7.79. The molecule has 2 unspecified atom stereocenters. The molecular formula is C21H22BrN3O3S. The molecule has 3 aromatic rings. The highest BCUT2D eigenvalue weighted by Crippen LogP contribution is 2.26. The molecule has 0 spiro atoms. The summed E-state index contributed by atoms with van der Waals surface area (Å²) in [6.45, 7) is 4.07. The fraction of sp³-hybridized carbons (Fsp3) is 0.286. The van der Waals surface area contributed by atoms with Crippen LogP contribution in [0.4, 0.5) is 5.69 Å². The van der Waals surface area contributed by atoms with E-state index in [1.54, 1.807) is 30.7 Å². The second kappa shape index (κ2) is 9.56. The zero-order valence-electron chi connectivity index (χ0n) is 16.4. The average molecular weight is 476 g/mol. The molecule has 0 radical (unpaired) electrons. The molecule has 2 atom stereocenters. The molecule has 1 heterocycles. The largest absolute Gasteiger partial charge is 0.383 e. The summed E-state index contributed by atoms with van der Waals surface area (Å²) in [4.78, 5) is 30.4. The number of para-hydroxylation sites is 1. The minimum absolute atomic E-state index is 0.136. The molecule has 0 bridgehead atoms. The van der Waals surface area contributed by atoms with Gasteiger partial charge in [0.1, 0.15) is 0 Å². The van der Waals surface area contributed by atoms with Crippen LogP contribution < -0.4 is 10.9 Å². The third-order valence-electron chi connectivity index (χ3n) is 4.39. The Kier molecular flexibility index (Phi) is 7.10. The van der Waals surface area contributed by atoms with Gasteiger partial charge in [-0.05, 0) is 50.2 Å². The van der Waals surface area contributed by atoms with Gasteiger partial charge in [0.2, 0.25) is 5.91 Å². The van der Waals surface area contributed by atoms with Gasteiger partial charge in [-0.2, -0.15) is 0 Å². The number of halogens is 1. The van der Waals surface area contributed by atoms with Crippen LogP contribution in [0.5, 0.6) is 0 Å². The number of hydrogen-bond acceptors (Lipinski definition) is 5. The first-order chi connectivity index (χ1) is 13.9. The number of thioether (sulfide) groups is 1. The number of carbonyl (C=O) groups is 1. The van der Waals surface area contributed by atoms with Gasteiger partial charge in [0.25, 0.3) is 5.56 Å². The zero-order chi connectivity index (χ0) is 21.0. The number of ether oxygens (including phenoxy) is 1. The standard InChI is InChI=1S/C21H22BrN3O3S/c1-13(12-28-3)25-20(27)17-6-4-5-7-18(17)24-21(25)29-14(2)19(26)23-16-10-8-15(22)9-11-16/h4-11,13-14H,12H2,1-3H3,(H,23,26). The lowest BCUT2D eigenvalue weighted by Gasteiger charge is -2.20. The van der Waals surface area contributed by atoms with Crippen molar-refractivity contribution < 1.29 is 9.53 Å². The number of anilines is 1. The molecule has 0 aliphatic heterocycles. The third kappa shape index (κ3) is 5.07. The van der Waals surface area contributed by atoms with Gasteiger partial charge in [0, 0.05) is 17.3 Å². The van der Waals surface area contributed by atoms with Gasteiger partial charge in [-0.15, -0.1) is 0 Å². The lowest BCUT2D eigenvalue weighted by Crippen LogP contribution is -2.30. The van der Waals surface area contributed by atoms with E-state index in [1.807, 2.05) is 43.3 Å². The molecule has 1 amide bonds. The summed E-state index contributed by atoms with van der Waals surface area (Å²) in [6.07, 6.45) is 0. The Morgan fingerprint density at radius 3 is 2.59 bits per heavy atom. The van der Waals surface area contributed by atoms with E-state index in [1.165, 1.54) is 11.8 Å². The van der Waals surface area contributed by atoms with Crippen molar-refractivity contribution in [3.63, 3.8) is 0 Å². The SMILES string of the molecule is COCC(C)n1c(SC(C)C(=O)Nc2ccc(Br)cc2)nc2ccccc2c1=O. The molecule has 3 rings (SSSR count). The van der Waals surface area contributed by atoms with Gasteiger partial charge in [0.05, 0.1) is 28.8 Å². The van der Waals surface area contributed by atoms with Gasteiger partial charge < -0.3 is 10.1 Å². The molecule has 8 heteroatoms. The molecule has 0 aliphatic carbocycles. The Hall–Kier alpha value is -2.16. The lowest BCUT2D eigenvalue weighted by atomic mass is 10.2. The predicted octanol–water partition coefficient (Wildman–Crippen LogP) is 4.49. The number of rotatable bonds is 7. The van der Waals surface area contributed by atoms with E-state index in [0.29, 0.717) is 28.4 Å². The second-order valence-corrected chi connectivity index (χ2v) is 8.87. The van der Waals surface area contributed by atoms with Gasteiger partial charge in [-0.1, -0.05) is 39.8 Å². The van der Waals surface area contributed by atoms with E-state index in [0.717, 1.165) is 4.47 Å². The fourth-order valence-corrected chi connectivity index (χ4v) is 4.18. The van der Waals surface area contributed by atoms with Crippen molar-refractivity contribution in [3.8, 4) is 0 Å². The minimum Gasteiger partial charge on any atom is -0.383 e. The van der Waals surface area contributed by atoms with E-state index in [-0.39, 0.29) is 17.5 Å². The summed E-state index contributed by atoms with van der Waals surface area (Å²) in [5.41, 5.74) is 1.19. The Morgan fingerprint density at radius 1 is 1.21 bits per heavy atom. The van der Waals surface area contributed by atoms with Gasteiger partial charge in [0.15, 0.2) is 5.16 Å². The molecule has 29 heavy (non-hydrogen) atoms. The first-order valence-electron chi connectivity index (χ1n) is 9.14. The Balaban J connectivity index is 1.91. The molecular weight excluding hydrogens is 454 g/mol. The summed E-state index contributed by atoms with van der Waals surface area (Å²) in [5, 5.41) is 3.49. The number of methoxy groups -OCH3 is 1. The number of fused-ring (bicyclic) bond motifs is 1. The van der Waals surface area contributed by atoms with Crippen LogP contribution in [0, 0.1) is 0 Å². The normalized spacial score (nSPS) is 13.2. The van der Waals surface area contributed by atoms with Crippen LogP contribution >= 0.6 is 27.7 Å². The highest BCUT2D eigenvalue weighted by Gasteiger charge is 2.22. The second-order valence-electron chi connectivity index (χ2n) is 6.65. The highest BCUT2D eigenvalue weighted by atomic mass is 79.9. The number of amides is 1. The van der Waals surface area contributed by atoms with Crippen molar-refractivity contribution >= 4 is 50.2 Å². The van der Waals surface area contributed by atoms with Crippen LogP contribution in [-0.4, -0.2) is 34.4 Å². The molecule has 0 fully saturated rings. The topological polar surface area (TPSA) is 73.2 Å². The smallest absolute Gasteiger partial charge is 0.262 e. The summed E-state index contributed by atoms with van der Waals surface area (Å²) in [5.74, 6) is -0.161. The molecule has 0 aliphatic rings. The molecule has 0 saturated heterocycles. The van der Waals surface area contributed by atoms with E-state index in [4.69, 9.17) is 4.74 Å². The van der Waals surface area contributed by atoms with Crippen molar-refractivity contribution in [2.45, 2.75) is 30.3 Å². The van der Waals surface area contributed by atoms with Crippen LogP contribution in [-0.2, 0) is 9.53 Å². The van der Waals surface area contributed by atoms with Crippen LogP contribution in [0.25, 0.3) is 10.9 Å². The fourth-order valence-electron chi connectivity index (χ4n) is 2.90. The van der Waals surface area contributed by atoms with E-state index in [9.17, 15) is 9.59 Å². The number of hydrogen-bond donors (Lipinski definition) is 1. The minimum atomic E-state index is -0.451. The number of nitrogens with zero attached hydrogens (tertiary/aromatic N) is 2. The van der Waals surface area contributed by atoms with E-state index >= 15 is 0 Å². The summed E-state index contributed by atoms with van der Waals surface area (Å²) >= 11 is 4.64. The van der Waals surface area contributed by atoms with Crippen molar-refractivity contribution in [1.82, 2.24) is 9.55 Å². The Morgan fingerprint density at radius 2 is 1.90 bits per heavy atom. The molecule has 6 nitrogen and oxygen atoms in total. The molecule has 152 valence electrons. The zero-order valence-corrected chi connectivity index (χ0v) is 18.8. The summed E-state index contributed by atoms with van der Waals surface area (Å²) in [6, 6.07) is 14.4. The van der Waals surface area contributed by atoms with E-state index in [2.05, 4.69) is 26.2 Å². The monoisotopic (exact) mass is 475 g/mol. The number of carbonyl (C=O) groups excluding carboxylic acids is 1. The Bertz CT molecular complexity index is 1070. The maximum atomic E-state index is 13.1. The van der Waals surface area contributed by atoms with E-state index < -0.39 is 5.25 Å². The molecule has 0 saturated carbocycles. The summed E-state index contributed by atoms with van der Waals surface area (Å²) in [7, 11) is 1.59. The number of aromatic nitrogens is 2. The van der Waals surface area contributed by atoms with Crippen LogP contribution in [0.15, 0.2) is 63.0 Å². The quantitative estimate of drug-likeness (QED) is 0.402. The molecule has 1 aromatic heterocycles. The maximum absolute atomic E-state index is 13.1. The van der Waals surface area contributed by atoms with Gasteiger partial charge in [-0.25, -0.2) is 4.98 Å². The van der Waals surface area contributed by atoms with Gasteiger partial charge in [-0.3, -0.25) is 14.2 Å². The lowest BCUT2D eigenvalue weighted by molar-refractivity contribution is -0.115. The molecule has 1 N–H and O–H groups in total. The van der Waals surface area contributed by atoms with Crippen molar-refractivity contribution in [2.24, 2.45) is 0 Å². The highest BCUT2D eigenvalue weighted by molar-refractivity contribution is 9.10. The van der Waals surface area contributed by atoms with Crippen LogP contribution in [0.1, 0.15) is 19.9 Å². The van der Waals surface area contributed by atoms with Gasteiger partial charge >= 0.3 is 0 Å². The first kappa shape index (κ1) is 21.5. The van der Waals surface area contributed by atoms with Crippen LogP contribution in [0.2, 0.25) is 0 Å². The Labute approximate surface area is 181 Å². The van der Waals surface area contributed by atoms with Crippen molar-refractivity contribution in [3.05, 3.63) is 63.4 Å².